The second-order valence-corrected chi connectivity index (χ2v) is 7.86. The van der Waals surface area contributed by atoms with E-state index < -0.39 is 10.0 Å². The molecule has 6 nitrogen and oxygen atoms in total. The maximum absolute atomic E-state index is 12.2. The molecular weight excluding hydrogens is 326 g/mol. The van der Waals surface area contributed by atoms with Crippen LogP contribution in [-0.2, 0) is 10.0 Å². The number of sulfonamides is 1. The van der Waals surface area contributed by atoms with Gasteiger partial charge in [0.2, 0.25) is 10.0 Å². The van der Waals surface area contributed by atoms with Crippen LogP contribution in [0.25, 0.3) is 10.9 Å². The Morgan fingerprint density at radius 1 is 1.41 bits per heavy atom. The van der Waals surface area contributed by atoms with Gasteiger partial charge in [0.25, 0.3) is 5.91 Å². The molecule has 1 aromatic carbocycles. The Balaban J connectivity index is 2.07. The number of nitrogens with zero attached hydrogens (tertiary/aromatic N) is 1. The summed E-state index contributed by atoms with van der Waals surface area (Å²) in [7, 11) is -1.79. The number of fused-ring (bicyclic) bond motifs is 1. The molecule has 0 aliphatic rings. The molecule has 0 aliphatic heterocycles. The van der Waals surface area contributed by atoms with E-state index in [0.29, 0.717) is 10.7 Å². The lowest BCUT2D eigenvalue weighted by Crippen LogP contribution is -2.42. The van der Waals surface area contributed by atoms with Crippen LogP contribution in [0.4, 0.5) is 0 Å². The number of hydrogen-bond acceptors (Lipinski definition) is 3. The highest BCUT2D eigenvalue weighted by molar-refractivity contribution is 7.88. The number of halogens is 1. The molecule has 1 heterocycles. The zero-order chi connectivity index (χ0) is 16.5. The molecule has 22 heavy (non-hydrogen) atoms. The van der Waals surface area contributed by atoms with Crippen molar-refractivity contribution in [3.8, 4) is 0 Å². The number of carbonyl (C=O) groups excluding carboxylic acids is 1. The van der Waals surface area contributed by atoms with Gasteiger partial charge in [-0.2, -0.15) is 0 Å². The first-order valence-corrected chi connectivity index (χ1v) is 8.90. The van der Waals surface area contributed by atoms with E-state index >= 15 is 0 Å². The normalized spacial score (nSPS) is 13.5. The Kier molecular flexibility index (Phi) is 4.79. The van der Waals surface area contributed by atoms with Gasteiger partial charge in [0.05, 0.1) is 6.26 Å². The zero-order valence-electron chi connectivity index (χ0n) is 12.6. The minimum absolute atomic E-state index is 0.205. The first-order chi connectivity index (χ1) is 10.2. The van der Waals surface area contributed by atoms with Gasteiger partial charge < -0.3 is 10.3 Å². The van der Waals surface area contributed by atoms with Crippen LogP contribution in [0.3, 0.4) is 0 Å². The van der Waals surface area contributed by atoms with Crippen LogP contribution >= 0.6 is 11.6 Å². The molecular formula is C14H18ClN3O3S. The first-order valence-electron chi connectivity index (χ1n) is 6.67. The maximum atomic E-state index is 12.2. The summed E-state index contributed by atoms with van der Waals surface area (Å²) in [5.41, 5.74) is 1.22. The molecule has 1 atom stereocenters. The highest BCUT2D eigenvalue weighted by Crippen LogP contribution is 2.20. The lowest BCUT2D eigenvalue weighted by molar-refractivity contribution is 0.0932. The van der Waals surface area contributed by atoms with E-state index in [0.717, 1.165) is 17.2 Å². The average Bonchev–Trinajstić information content (AvgIpc) is 2.80. The van der Waals surface area contributed by atoms with Crippen molar-refractivity contribution in [3.63, 3.8) is 0 Å². The molecule has 0 bridgehead atoms. The van der Waals surface area contributed by atoms with E-state index in [1.165, 1.54) is 11.4 Å². The van der Waals surface area contributed by atoms with Gasteiger partial charge in [-0.1, -0.05) is 11.6 Å². The summed E-state index contributed by atoms with van der Waals surface area (Å²) in [5, 5.41) is 4.21. The number of nitrogens with one attached hydrogen (secondary N) is 2. The highest BCUT2D eigenvalue weighted by Gasteiger charge is 2.17. The number of benzene rings is 1. The monoisotopic (exact) mass is 343 g/mol. The predicted octanol–water partition coefficient (Wildman–Crippen LogP) is 1.83. The summed E-state index contributed by atoms with van der Waals surface area (Å²) in [6.45, 7) is 1.95. The lowest BCUT2D eigenvalue weighted by atomic mass is 10.2. The van der Waals surface area contributed by atoms with Gasteiger partial charge in [0.1, 0.15) is 5.69 Å². The van der Waals surface area contributed by atoms with E-state index in [1.54, 1.807) is 31.2 Å². The van der Waals surface area contributed by atoms with Crippen LogP contribution in [0.15, 0.2) is 24.3 Å². The van der Waals surface area contributed by atoms with Crippen molar-refractivity contribution < 1.29 is 13.2 Å². The second-order valence-electron chi connectivity index (χ2n) is 5.33. The fourth-order valence-electron chi connectivity index (χ4n) is 2.09. The summed E-state index contributed by atoms with van der Waals surface area (Å²) in [6, 6.07) is 6.71. The summed E-state index contributed by atoms with van der Waals surface area (Å²) >= 11 is 5.91. The van der Waals surface area contributed by atoms with E-state index in [2.05, 4.69) is 10.3 Å². The Hall–Kier alpha value is -1.57. The molecule has 120 valence electrons. The number of likely N-dealkylation sites (N-methyl/N-ethyl adjacent to an activating group) is 1. The number of carbonyl (C=O) groups is 1. The molecule has 1 unspecified atom stereocenters. The number of H-pyrrole nitrogens is 1. The molecule has 2 aromatic rings. The van der Waals surface area contributed by atoms with Crippen molar-refractivity contribution >= 4 is 38.4 Å². The summed E-state index contributed by atoms with van der Waals surface area (Å²) in [5.74, 6) is -0.290. The number of amides is 1. The number of aromatic amines is 1. The SMILES string of the molecule is CC(CN(C)S(C)(=O)=O)NC(=O)c1cc2cc(Cl)ccc2[nH]1. The van der Waals surface area contributed by atoms with Crippen LogP contribution in [0, 0.1) is 0 Å². The molecule has 0 aliphatic carbocycles. The molecule has 1 aromatic heterocycles. The third-order valence-electron chi connectivity index (χ3n) is 3.30. The topological polar surface area (TPSA) is 82.3 Å². The Morgan fingerprint density at radius 2 is 2.09 bits per heavy atom. The van der Waals surface area contributed by atoms with E-state index in [4.69, 9.17) is 11.6 Å². The Labute approximate surface area is 134 Å². The van der Waals surface area contributed by atoms with Crippen molar-refractivity contribution in [2.24, 2.45) is 0 Å². The molecule has 1 amide bonds. The second kappa shape index (κ2) is 6.28. The van der Waals surface area contributed by atoms with Gasteiger partial charge in [0, 0.05) is 35.6 Å². The average molecular weight is 344 g/mol. The van der Waals surface area contributed by atoms with E-state index in [9.17, 15) is 13.2 Å². The summed E-state index contributed by atoms with van der Waals surface area (Å²) < 4.78 is 23.9. The standard InChI is InChI=1S/C14H18ClN3O3S/c1-9(8-18(2)22(3,20)21)16-14(19)13-7-10-6-11(15)4-5-12(10)17-13/h4-7,9,17H,8H2,1-3H3,(H,16,19). The van der Waals surface area contributed by atoms with Gasteiger partial charge in [-0.25, -0.2) is 12.7 Å². The number of hydrogen-bond donors (Lipinski definition) is 2. The van der Waals surface area contributed by atoms with Crippen molar-refractivity contribution in [2.75, 3.05) is 19.8 Å². The largest absolute Gasteiger partial charge is 0.351 e. The minimum Gasteiger partial charge on any atom is -0.351 e. The molecule has 8 heteroatoms. The van der Waals surface area contributed by atoms with Gasteiger partial charge in [-0.05, 0) is 31.2 Å². The smallest absolute Gasteiger partial charge is 0.267 e. The van der Waals surface area contributed by atoms with Crippen LogP contribution in [0.5, 0.6) is 0 Å². The lowest BCUT2D eigenvalue weighted by Gasteiger charge is -2.20. The van der Waals surface area contributed by atoms with Gasteiger partial charge in [-0.15, -0.1) is 0 Å². The number of aromatic nitrogens is 1. The van der Waals surface area contributed by atoms with Crippen molar-refractivity contribution in [1.82, 2.24) is 14.6 Å². The van der Waals surface area contributed by atoms with Crippen LogP contribution in [-0.4, -0.2) is 49.5 Å². The Bertz CT molecular complexity index is 801. The molecule has 0 spiro atoms. The fraction of sp³-hybridized carbons (Fsp3) is 0.357. The van der Waals surface area contributed by atoms with Crippen molar-refractivity contribution in [2.45, 2.75) is 13.0 Å². The molecule has 0 saturated carbocycles. The molecule has 0 fully saturated rings. The highest BCUT2D eigenvalue weighted by atomic mass is 35.5. The van der Waals surface area contributed by atoms with Crippen molar-refractivity contribution in [3.05, 3.63) is 35.0 Å². The zero-order valence-corrected chi connectivity index (χ0v) is 14.1. The minimum atomic E-state index is -3.26. The van der Waals surface area contributed by atoms with Crippen molar-refractivity contribution in [1.29, 1.82) is 0 Å². The van der Waals surface area contributed by atoms with Crippen LogP contribution < -0.4 is 5.32 Å². The first kappa shape index (κ1) is 16.8. The van der Waals surface area contributed by atoms with Crippen LogP contribution in [0.1, 0.15) is 17.4 Å². The third kappa shape index (κ3) is 4.00. The molecule has 0 radical (unpaired) electrons. The predicted molar refractivity (Wildman–Crippen MR) is 87.7 cm³/mol. The van der Waals surface area contributed by atoms with E-state index in [1.807, 2.05) is 0 Å². The van der Waals surface area contributed by atoms with Crippen LogP contribution in [0.2, 0.25) is 5.02 Å². The molecule has 2 N–H and O–H groups in total. The Morgan fingerprint density at radius 3 is 2.73 bits per heavy atom. The van der Waals surface area contributed by atoms with Gasteiger partial charge in [0.15, 0.2) is 0 Å². The van der Waals surface area contributed by atoms with E-state index in [-0.39, 0.29) is 18.5 Å². The number of rotatable bonds is 5. The van der Waals surface area contributed by atoms with Gasteiger partial charge in [-0.3, -0.25) is 4.79 Å². The quantitative estimate of drug-likeness (QED) is 0.869. The maximum Gasteiger partial charge on any atom is 0.267 e. The molecule has 0 saturated heterocycles. The summed E-state index contributed by atoms with van der Waals surface area (Å²) in [4.78, 5) is 15.2. The summed E-state index contributed by atoms with van der Waals surface area (Å²) in [6.07, 6.45) is 1.13. The fourth-order valence-corrected chi connectivity index (χ4v) is 2.77. The molecule has 2 rings (SSSR count). The van der Waals surface area contributed by atoms with Gasteiger partial charge >= 0.3 is 0 Å². The third-order valence-corrected chi connectivity index (χ3v) is 4.82.